The van der Waals surface area contributed by atoms with Crippen LogP contribution in [-0.4, -0.2) is 34.6 Å². The van der Waals surface area contributed by atoms with Crippen LogP contribution in [0.3, 0.4) is 0 Å². The van der Waals surface area contributed by atoms with Gasteiger partial charge in [0.1, 0.15) is 11.0 Å². The van der Waals surface area contributed by atoms with Crippen LogP contribution in [-0.2, 0) is 20.6 Å². The van der Waals surface area contributed by atoms with Gasteiger partial charge >= 0.3 is 11.0 Å². The number of aromatic amines is 1. The van der Waals surface area contributed by atoms with Crippen molar-refractivity contribution < 1.29 is 32.3 Å². The number of hydrogen-bond acceptors (Lipinski definition) is 7. The number of carbonyl (C=O) groups excluding carboxylic acids is 3. The van der Waals surface area contributed by atoms with E-state index in [2.05, 4.69) is 26.2 Å². The van der Waals surface area contributed by atoms with Crippen molar-refractivity contribution >= 4 is 68.1 Å². The van der Waals surface area contributed by atoms with Gasteiger partial charge in [0.25, 0.3) is 5.91 Å². The molecule has 8 nitrogen and oxygen atoms in total. The third-order valence-electron chi connectivity index (χ3n) is 7.22. The fraction of sp³-hybridized carbons (Fsp3) is 0.200. The Bertz CT molecular complexity index is 1870. The quantitative estimate of drug-likeness (QED) is 0.227. The zero-order chi connectivity index (χ0) is 31.3. The van der Waals surface area contributed by atoms with E-state index in [-0.39, 0.29) is 18.0 Å². The lowest BCUT2D eigenvalue weighted by Gasteiger charge is -2.31. The molecule has 2 aliphatic rings. The number of benzene rings is 3. The van der Waals surface area contributed by atoms with Gasteiger partial charge in [0.2, 0.25) is 11.8 Å². The number of fused-ring (bicyclic) bond motifs is 2. The van der Waals surface area contributed by atoms with Crippen LogP contribution >= 0.6 is 39.0 Å². The molecule has 226 valence electrons. The summed E-state index contributed by atoms with van der Waals surface area (Å²) in [5.41, 5.74) is 0.790. The van der Waals surface area contributed by atoms with Crippen molar-refractivity contribution in [2.24, 2.45) is 5.92 Å². The largest absolute Gasteiger partial charge is 0.483 e. The molecule has 3 amide bonds. The van der Waals surface area contributed by atoms with Crippen LogP contribution in [0.4, 0.5) is 24.5 Å². The molecule has 0 saturated carbocycles. The van der Waals surface area contributed by atoms with Gasteiger partial charge in [-0.05, 0) is 61.0 Å². The van der Waals surface area contributed by atoms with Gasteiger partial charge in [-0.2, -0.15) is 13.2 Å². The number of H-pyrrole nitrogens is 1. The average Bonchev–Trinajstić information content (AvgIpc) is 3.46. The van der Waals surface area contributed by atoms with E-state index in [0.717, 1.165) is 51.8 Å². The summed E-state index contributed by atoms with van der Waals surface area (Å²) >= 11 is 5.32. The van der Waals surface area contributed by atoms with Crippen molar-refractivity contribution in [1.82, 2.24) is 4.98 Å². The van der Waals surface area contributed by atoms with E-state index in [1.807, 2.05) is 13.0 Å². The lowest BCUT2D eigenvalue weighted by molar-refractivity contribution is -0.137. The van der Waals surface area contributed by atoms with Crippen LogP contribution in [0.5, 0.6) is 5.75 Å². The van der Waals surface area contributed by atoms with E-state index in [9.17, 15) is 32.3 Å². The zero-order valence-electron chi connectivity index (χ0n) is 22.6. The third kappa shape index (κ3) is 5.69. The first-order chi connectivity index (χ1) is 20.9. The summed E-state index contributed by atoms with van der Waals surface area (Å²) in [6, 6.07) is 16.3. The Morgan fingerprint density at radius 1 is 1.05 bits per heavy atom. The van der Waals surface area contributed by atoms with E-state index in [1.54, 1.807) is 36.4 Å². The van der Waals surface area contributed by atoms with Crippen LogP contribution in [0.2, 0.25) is 0 Å². The number of halogens is 4. The molecule has 0 bridgehead atoms. The Morgan fingerprint density at radius 3 is 2.57 bits per heavy atom. The van der Waals surface area contributed by atoms with Gasteiger partial charge in [0.05, 0.1) is 22.2 Å². The second kappa shape index (κ2) is 11.6. The molecule has 14 heteroatoms. The molecular formula is C30H21BrF3N3O5S2. The number of rotatable bonds is 6. The molecule has 1 saturated heterocycles. The summed E-state index contributed by atoms with van der Waals surface area (Å²) in [7, 11) is 0. The van der Waals surface area contributed by atoms with Gasteiger partial charge in [0.15, 0.2) is 6.61 Å². The molecule has 0 radical (unpaired) electrons. The van der Waals surface area contributed by atoms with Crippen molar-refractivity contribution in [3.8, 4) is 5.75 Å². The Labute approximate surface area is 264 Å². The Kier molecular flexibility index (Phi) is 7.92. The molecule has 2 aliphatic heterocycles. The van der Waals surface area contributed by atoms with Crippen LogP contribution < -0.4 is 19.8 Å². The second-order valence-electron chi connectivity index (χ2n) is 10.2. The normalized spacial score (nSPS) is 19.5. The highest BCUT2D eigenvalue weighted by atomic mass is 79.9. The number of nitrogens with zero attached hydrogens (tertiary/aromatic N) is 1. The highest BCUT2D eigenvalue weighted by Gasteiger charge is 2.57. The molecule has 1 fully saturated rings. The third-order valence-corrected chi connectivity index (χ3v) is 10.1. The monoisotopic (exact) mass is 703 g/mol. The summed E-state index contributed by atoms with van der Waals surface area (Å²) in [5, 5.41) is 2.12. The molecule has 4 aromatic rings. The predicted molar refractivity (Wildman–Crippen MR) is 163 cm³/mol. The number of thiazole rings is 1. The Balaban J connectivity index is 1.37. The van der Waals surface area contributed by atoms with E-state index in [0.29, 0.717) is 25.6 Å². The van der Waals surface area contributed by atoms with Crippen LogP contribution in [0.25, 0.3) is 0 Å². The average molecular weight is 705 g/mol. The van der Waals surface area contributed by atoms with Crippen molar-refractivity contribution in [2.75, 3.05) is 16.8 Å². The fourth-order valence-corrected chi connectivity index (χ4v) is 8.27. The number of aromatic nitrogens is 1. The Hall–Kier alpha value is -3.88. The molecule has 0 spiro atoms. The zero-order valence-corrected chi connectivity index (χ0v) is 25.8. The maximum atomic E-state index is 14.0. The minimum Gasteiger partial charge on any atom is -0.483 e. The highest BCUT2D eigenvalue weighted by molar-refractivity contribution is 9.10. The lowest BCUT2D eigenvalue weighted by Crippen LogP contribution is -2.32. The second-order valence-corrected chi connectivity index (χ2v) is 13.3. The summed E-state index contributed by atoms with van der Waals surface area (Å²) in [4.78, 5) is 56.5. The number of hydrogen-bond donors (Lipinski definition) is 2. The molecule has 2 N–H and O–H groups in total. The first-order valence-electron chi connectivity index (χ1n) is 13.1. The maximum absolute atomic E-state index is 14.0. The van der Waals surface area contributed by atoms with Gasteiger partial charge in [-0.1, -0.05) is 57.2 Å². The topological polar surface area (TPSA) is 109 Å². The Morgan fingerprint density at radius 2 is 1.82 bits per heavy atom. The summed E-state index contributed by atoms with van der Waals surface area (Å²) in [6.45, 7) is 1.51. The minimum atomic E-state index is -4.68. The van der Waals surface area contributed by atoms with Crippen molar-refractivity contribution in [1.29, 1.82) is 0 Å². The van der Waals surface area contributed by atoms with Gasteiger partial charge in [0, 0.05) is 26.5 Å². The summed E-state index contributed by atoms with van der Waals surface area (Å²) in [5.74, 6) is -3.53. The van der Waals surface area contributed by atoms with E-state index < -0.39 is 51.4 Å². The molecule has 3 aromatic carbocycles. The molecule has 3 heterocycles. The van der Waals surface area contributed by atoms with E-state index >= 15 is 0 Å². The first-order valence-corrected chi connectivity index (χ1v) is 15.6. The number of imide groups is 1. The van der Waals surface area contributed by atoms with Gasteiger partial charge in [-0.25, -0.2) is 4.90 Å². The van der Waals surface area contributed by atoms with E-state index in [1.165, 1.54) is 6.07 Å². The first kappa shape index (κ1) is 30.2. The number of thioether (sulfide) groups is 1. The summed E-state index contributed by atoms with van der Waals surface area (Å²) < 4.78 is 47.0. The number of carbonyl (C=O) groups is 3. The summed E-state index contributed by atoms with van der Waals surface area (Å²) in [6.07, 6.45) is -4.68. The molecule has 6 rings (SSSR count). The molecule has 0 unspecified atom stereocenters. The standard InChI is InChI=1S/C30H21BrF3N3O5S2/c1-14-4-2-6-17(10-14)35-21(38)13-42-20-9-8-16(31)12-19(20)22-23-25(43-26-24(22)44-29(41)36-26)28(40)37(27(23)39)18-7-3-5-15(11-18)30(32,33)34/h2-12,22-23,25H,13H2,1H3,(H,35,38)(H,36,41)/t22-,23-,25+/m0/s1. The molecule has 44 heavy (non-hydrogen) atoms. The maximum Gasteiger partial charge on any atom is 0.416 e. The molecule has 0 aliphatic carbocycles. The smallest absolute Gasteiger partial charge is 0.416 e. The SMILES string of the molecule is Cc1cccc(NC(=O)COc2ccc(Br)cc2[C@@H]2c3sc(=O)[nH]c3S[C@H]3C(=O)N(c4cccc(C(F)(F)F)c4)C(=O)[C@@H]23)c1. The number of nitrogens with one attached hydrogen (secondary N) is 2. The molecule has 1 aromatic heterocycles. The number of ether oxygens (including phenoxy) is 1. The number of anilines is 2. The fourth-order valence-electron chi connectivity index (χ4n) is 5.38. The number of alkyl halides is 3. The lowest BCUT2D eigenvalue weighted by atomic mass is 9.82. The van der Waals surface area contributed by atoms with Crippen LogP contribution in [0, 0.1) is 12.8 Å². The van der Waals surface area contributed by atoms with Gasteiger partial charge in [-0.3, -0.25) is 19.2 Å². The molecular weight excluding hydrogens is 683 g/mol. The number of aryl methyl sites for hydroxylation is 1. The van der Waals surface area contributed by atoms with Crippen molar-refractivity contribution in [3.63, 3.8) is 0 Å². The van der Waals surface area contributed by atoms with Gasteiger partial charge < -0.3 is 15.0 Å². The predicted octanol–water partition coefficient (Wildman–Crippen LogP) is 6.34. The van der Waals surface area contributed by atoms with Gasteiger partial charge in [-0.15, -0.1) is 0 Å². The molecule has 3 atom stereocenters. The number of amides is 3. The van der Waals surface area contributed by atoms with Crippen LogP contribution in [0.15, 0.2) is 81.0 Å². The van der Waals surface area contributed by atoms with E-state index in [4.69, 9.17) is 4.74 Å². The van der Waals surface area contributed by atoms with Crippen molar-refractivity contribution in [3.05, 3.63) is 102 Å². The van der Waals surface area contributed by atoms with Crippen LogP contribution in [0.1, 0.15) is 27.5 Å². The van der Waals surface area contributed by atoms with Crippen molar-refractivity contribution in [2.45, 2.75) is 29.3 Å². The highest BCUT2D eigenvalue weighted by Crippen LogP contribution is 2.55. The minimum absolute atomic E-state index is 0.195.